The van der Waals surface area contributed by atoms with E-state index in [0.29, 0.717) is 16.1 Å². The number of thioether (sulfide) groups is 1. The minimum atomic E-state index is -1.63. The van der Waals surface area contributed by atoms with Crippen molar-refractivity contribution in [2.75, 3.05) is 11.9 Å². The van der Waals surface area contributed by atoms with Gasteiger partial charge in [-0.25, -0.2) is 0 Å². The Morgan fingerprint density at radius 2 is 1.75 bits per heavy atom. The Labute approximate surface area is 163 Å². The molecule has 3 rings (SSSR count). The number of nitrogens with one attached hydrogen (secondary N) is 2. The van der Waals surface area contributed by atoms with Gasteiger partial charge in [0, 0.05) is 21.7 Å². The van der Waals surface area contributed by atoms with E-state index in [0.717, 1.165) is 11.8 Å². The number of Topliss-reactive ketones (excluding diaryl/α,β-unsaturated/α-hetero) is 1. The number of hydrogen-bond acceptors (Lipinski definition) is 6. The fourth-order valence-electron chi connectivity index (χ4n) is 2.60. The molecule has 0 radical (unpaired) electrons. The monoisotopic (exact) mass is 398 g/mol. The molecule has 0 aromatic heterocycles. The second-order valence-corrected chi connectivity index (χ2v) is 6.91. The Hall–Kier alpha value is -3.46. The number of hydrogen-bond donors (Lipinski definition) is 3. The van der Waals surface area contributed by atoms with Crippen LogP contribution in [0.5, 0.6) is 0 Å². The van der Waals surface area contributed by atoms with Gasteiger partial charge in [0.15, 0.2) is 11.7 Å². The number of aliphatic carboxylic acids is 1. The number of rotatable bonds is 5. The standard InChI is InChI=1S/C19H14N2O6S/c22-14(23)9-20-18(26)15-16(24)12-8-11(6-7-13(12)28-19(15)27)21-17(25)10-4-2-1-3-5-10/h1-8,15H,9H2,(H,20,26)(H,21,25)(H,22,23). The molecule has 1 unspecified atom stereocenters. The summed E-state index contributed by atoms with van der Waals surface area (Å²) in [5.74, 6) is -4.99. The Balaban J connectivity index is 1.82. The quantitative estimate of drug-likeness (QED) is 0.652. The topological polar surface area (TPSA) is 130 Å². The number of benzene rings is 2. The number of carbonyl (C=O) groups excluding carboxylic acids is 4. The number of amides is 2. The van der Waals surface area contributed by atoms with Crippen LogP contribution in [-0.2, 0) is 14.4 Å². The van der Waals surface area contributed by atoms with E-state index in [9.17, 15) is 24.0 Å². The van der Waals surface area contributed by atoms with Crippen LogP contribution in [-0.4, -0.2) is 40.3 Å². The maximum absolute atomic E-state index is 12.7. The fourth-order valence-corrected chi connectivity index (χ4v) is 3.56. The number of fused-ring (bicyclic) bond motifs is 1. The van der Waals surface area contributed by atoms with Gasteiger partial charge in [0.25, 0.3) is 5.91 Å². The van der Waals surface area contributed by atoms with E-state index in [1.165, 1.54) is 12.1 Å². The average Bonchev–Trinajstić information content (AvgIpc) is 2.67. The van der Waals surface area contributed by atoms with Crippen LogP contribution in [0.4, 0.5) is 5.69 Å². The first kappa shape index (κ1) is 19.3. The molecular weight excluding hydrogens is 384 g/mol. The van der Waals surface area contributed by atoms with Crippen LogP contribution in [0.1, 0.15) is 20.7 Å². The summed E-state index contributed by atoms with van der Waals surface area (Å²) >= 11 is 0.730. The second kappa shape index (κ2) is 8.05. The Morgan fingerprint density at radius 1 is 1.04 bits per heavy atom. The van der Waals surface area contributed by atoms with Crippen molar-refractivity contribution in [3.63, 3.8) is 0 Å². The van der Waals surface area contributed by atoms with Gasteiger partial charge < -0.3 is 15.7 Å². The van der Waals surface area contributed by atoms with Crippen molar-refractivity contribution >= 4 is 46.1 Å². The number of ketones is 1. The highest BCUT2D eigenvalue weighted by Crippen LogP contribution is 2.36. The van der Waals surface area contributed by atoms with Crippen LogP contribution in [0, 0.1) is 5.92 Å². The van der Waals surface area contributed by atoms with Gasteiger partial charge in [-0.1, -0.05) is 18.2 Å². The predicted octanol–water partition coefficient (Wildman–Crippen LogP) is 1.57. The van der Waals surface area contributed by atoms with Gasteiger partial charge in [-0.15, -0.1) is 0 Å². The molecule has 2 aromatic carbocycles. The maximum atomic E-state index is 12.7. The van der Waals surface area contributed by atoms with Gasteiger partial charge in [0.1, 0.15) is 6.54 Å². The Bertz CT molecular complexity index is 989. The zero-order valence-corrected chi connectivity index (χ0v) is 15.1. The zero-order chi connectivity index (χ0) is 20.3. The van der Waals surface area contributed by atoms with Crippen molar-refractivity contribution in [3.05, 3.63) is 59.7 Å². The van der Waals surface area contributed by atoms with Crippen LogP contribution < -0.4 is 10.6 Å². The molecule has 0 saturated carbocycles. The summed E-state index contributed by atoms with van der Waals surface area (Å²) in [6.07, 6.45) is 0. The molecule has 8 nitrogen and oxygen atoms in total. The van der Waals surface area contributed by atoms with Crippen molar-refractivity contribution in [1.29, 1.82) is 0 Å². The van der Waals surface area contributed by atoms with Crippen LogP contribution >= 0.6 is 11.8 Å². The molecule has 28 heavy (non-hydrogen) atoms. The van der Waals surface area contributed by atoms with E-state index in [4.69, 9.17) is 5.11 Å². The molecule has 9 heteroatoms. The van der Waals surface area contributed by atoms with E-state index >= 15 is 0 Å². The summed E-state index contributed by atoms with van der Waals surface area (Å²) in [6.45, 7) is -0.694. The summed E-state index contributed by atoms with van der Waals surface area (Å²) in [7, 11) is 0. The second-order valence-electron chi connectivity index (χ2n) is 5.86. The minimum Gasteiger partial charge on any atom is -0.480 e. The average molecular weight is 398 g/mol. The number of carbonyl (C=O) groups is 5. The van der Waals surface area contributed by atoms with E-state index in [1.807, 2.05) is 5.32 Å². The summed E-state index contributed by atoms with van der Waals surface area (Å²) in [5, 5.41) is 12.7. The van der Waals surface area contributed by atoms with E-state index < -0.39 is 35.2 Å². The molecular formula is C19H14N2O6S. The van der Waals surface area contributed by atoms with Crippen molar-refractivity contribution < 1.29 is 29.1 Å². The third-order valence-electron chi connectivity index (χ3n) is 3.92. The Kier molecular flexibility index (Phi) is 5.55. The largest absolute Gasteiger partial charge is 0.480 e. The minimum absolute atomic E-state index is 0.117. The van der Waals surface area contributed by atoms with Crippen molar-refractivity contribution in [1.82, 2.24) is 5.32 Å². The smallest absolute Gasteiger partial charge is 0.322 e. The molecule has 2 amide bonds. The molecule has 0 bridgehead atoms. The van der Waals surface area contributed by atoms with Crippen LogP contribution in [0.2, 0.25) is 0 Å². The van der Waals surface area contributed by atoms with Crippen molar-refractivity contribution in [2.45, 2.75) is 4.90 Å². The van der Waals surface area contributed by atoms with Gasteiger partial charge >= 0.3 is 5.97 Å². The highest BCUT2D eigenvalue weighted by atomic mass is 32.2. The van der Waals surface area contributed by atoms with Crippen LogP contribution in [0.25, 0.3) is 0 Å². The predicted molar refractivity (Wildman–Crippen MR) is 100 cm³/mol. The SMILES string of the molecule is O=C(O)CNC(=O)C1C(=O)Sc2ccc(NC(=O)c3ccccc3)cc2C1=O. The van der Waals surface area contributed by atoms with Gasteiger partial charge in [0.2, 0.25) is 11.0 Å². The highest BCUT2D eigenvalue weighted by molar-refractivity contribution is 8.14. The van der Waals surface area contributed by atoms with E-state index in [-0.39, 0.29) is 11.5 Å². The lowest BCUT2D eigenvalue weighted by atomic mass is 9.96. The third-order valence-corrected chi connectivity index (χ3v) is 4.94. The molecule has 0 spiro atoms. The van der Waals surface area contributed by atoms with E-state index in [1.54, 1.807) is 36.4 Å². The third kappa shape index (κ3) is 4.09. The molecule has 1 heterocycles. The number of anilines is 1. The van der Waals surface area contributed by atoms with E-state index in [2.05, 4.69) is 5.32 Å². The fraction of sp³-hybridized carbons (Fsp3) is 0.105. The number of carboxylic acid groups (broad SMARTS) is 1. The summed E-state index contributed by atoms with van der Waals surface area (Å²) in [5.41, 5.74) is 0.883. The van der Waals surface area contributed by atoms with Crippen molar-refractivity contribution in [3.8, 4) is 0 Å². The first-order chi connectivity index (χ1) is 13.4. The summed E-state index contributed by atoms with van der Waals surface area (Å²) in [6, 6.07) is 12.9. The molecule has 3 N–H and O–H groups in total. The van der Waals surface area contributed by atoms with Gasteiger partial charge in [-0.2, -0.15) is 0 Å². The molecule has 0 fully saturated rings. The molecule has 1 aliphatic heterocycles. The van der Waals surface area contributed by atoms with Gasteiger partial charge in [0.05, 0.1) is 0 Å². The molecule has 1 atom stereocenters. The lowest BCUT2D eigenvalue weighted by molar-refractivity contribution is -0.139. The van der Waals surface area contributed by atoms with Crippen molar-refractivity contribution in [2.24, 2.45) is 5.92 Å². The summed E-state index contributed by atoms with van der Waals surface area (Å²) < 4.78 is 0. The highest BCUT2D eigenvalue weighted by Gasteiger charge is 2.40. The van der Waals surface area contributed by atoms with Gasteiger partial charge in [-0.05, 0) is 42.1 Å². The van der Waals surface area contributed by atoms with Crippen LogP contribution in [0.3, 0.4) is 0 Å². The van der Waals surface area contributed by atoms with Crippen LogP contribution in [0.15, 0.2) is 53.4 Å². The van der Waals surface area contributed by atoms with Gasteiger partial charge in [-0.3, -0.25) is 24.0 Å². The molecule has 2 aromatic rings. The first-order valence-electron chi connectivity index (χ1n) is 8.12. The molecule has 0 saturated heterocycles. The maximum Gasteiger partial charge on any atom is 0.322 e. The molecule has 1 aliphatic rings. The normalized spacial score (nSPS) is 15.5. The molecule has 0 aliphatic carbocycles. The zero-order valence-electron chi connectivity index (χ0n) is 14.3. The number of carboxylic acids is 1. The Morgan fingerprint density at radius 3 is 2.43 bits per heavy atom. The first-order valence-corrected chi connectivity index (χ1v) is 8.94. The lowest BCUT2D eigenvalue weighted by Gasteiger charge is -2.21. The molecule has 142 valence electrons. The lowest BCUT2D eigenvalue weighted by Crippen LogP contribution is -2.43. The summed E-state index contributed by atoms with van der Waals surface area (Å²) in [4.78, 5) is 60.1.